The molecular formula is C45H28N4OS. The summed E-state index contributed by atoms with van der Waals surface area (Å²) < 4.78 is 11.6. The van der Waals surface area contributed by atoms with Crippen molar-refractivity contribution in [2.45, 2.75) is 6.17 Å². The highest BCUT2D eigenvalue weighted by atomic mass is 32.1. The van der Waals surface area contributed by atoms with Crippen LogP contribution < -0.4 is 5.32 Å². The first-order chi connectivity index (χ1) is 25.3. The van der Waals surface area contributed by atoms with Crippen LogP contribution in [0.25, 0.3) is 69.6 Å². The molecule has 5 nitrogen and oxygen atoms in total. The fraction of sp³-hybridized carbons (Fsp3) is 0.0222. The Balaban J connectivity index is 1.09. The van der Waals surface area contributed by atoms with E-state index in [1.165, 1.54) is 42.0 Å². The molecule has 4 heterocycles. The largest absolute Gasteiger partial charge is 0.455 e. The molecule has 10 aromatic rings. The van der Waals surface area contributed by atoms with Crippen LogP contribution in [0.1, 0.15) is 22.9 Å². The summed E-state index contributed by atoms with van der Waals surface area (Å²) in [7, 11) is 0. The van der Waals surface area contributed by atoms with Crippen molar-refractivity contribution < 1.29 is 4.42 Å². The second kappa shape index (κ2) is 11.0. The first-order valence-corrected chi connectivity index (χ1v) is 17.9. The van der Waals surface area contributed by atoms with Crippen molar-refractivity contribution in [2.24, 2.45) is 9.98 Å². The van der Waals surface area contributed by atoms with Crippen molar-refractivity contribution in [3.8, 4) is 5.69 Å². The average molecular weight is 673 g/mol. The zero-order chi connectivity index (χ0) is 33.5. The quantitative estimate of drug-likeness (QED) is 0.202. The predicted octanol–water partition coefficient (Wildman–Crippen LogP) is 11.5. The van der Waals surface area contributed by atoms with E-state index in [0.29, 0.717) is 5.84 Å². The molecule has 51 heavy (non-hydrogen) atoms. The van der Waals surface area contributed by atoms with Gasteiger partial charge in [-0.05, 0) is 48.0 Å². The van der Waals surface area contributed by atoms with Crippen molar-refractivity contribution in [3.05, 3.63) is 174 Å². The van der Waals surface area contributed by atoms with Crippen molar-refractivity contribution in [1.82, 2.24) is 9.88 Å². The van der Waals surface area contributed by atoms with Crippen molar-refractivity contribution in [3.63, 3.8) is 0 Å². The van der Waals surface area contributed by atoms with Gasteiger partial charge >= 0.3 is 0 Å². The second-order valence-corrected chi connectivity index (χ2v) is 14.0. The molecule has 0 fully saturated rings. The molecule has 240 valence electrons. The standard InChI is InChI=1S/C45H28N4OS/c1-3-12-27(13-4-1)43-46-44(28-14-5-2-6-15-28)48-45(47-43)35-19-11-18-34-40-38(50-41(34)35)25-24-33-32-23-22-29(26-39(32)51-42(33)40)49-36-20-9-7-16-30(36)31-17-8-10-21-37(31)49/h1-26,43H,(H,46,47,48). The minimum Gasteiger partial charge on any atom is -0.455 e. The number of furan rings is 1. The van der Waals surface area contributed by atoms with Crippen LogP contribution in [0.5, 0.6) is 0 Å². The van der Waals surface area contributed by atoms with E-state index >= 15 is 0 Å². The summed E-state index contributed by atoms with van der Waals surface area (Å²) in [6.45, 7) is 0. The summed E-state index contributed by atoms with van der Waals surface area (Å²) in [5.74, 6) is 1.43. The van der Waals surface area contributed by atoms with E-state index in [1.807, 2.05) is 47.7 Å². The zero-order valence-electron chi connectivity index (χ0n) is 27.2. The molecule has 1 unspecified atom stereocenters. The van der Waals surface area contributed by atoms with Crippen molar-refractivity contribution in [2.75, 3.05) is 0 Å². The number of aromatic nitrogens is 1. The van der Waals surface area contributed by atoms with Crippen LogP contribution in [0.15, 0.2) is 172 Å². The molecule has 1 aliphatic heterocycles. The molecule has 0 bridgehead atoms. The Bertz CT molecular complexity index is 3010. The Morgan fingerprint density at radius 1 is 0.608 bits per heavy atom. The van der Waals surface area contributed by atoms with E-state index in [1.54, 1.807) is 0 Å². The van der Waals surface area contributed by atoms with E-state index in [9.17, 15) is 0 Å². The topological polar surface area (TPSA) is 54.8 Å². The lowest BCUT2D eigenvalue weighted by atomic mass is 10.0. The summed E-state index contributed by atoms with van der Waals surface area (Å²) in [5.41, 5.74) is 8.23. The third kappa shape index (κ3) is 4.33. The maximum atomic E-state index is 6.74. The Morgan fingerprint density at radius 2 is 1.29 bits per heavy atom. The van der Waals surface area contributed by atoms with E-state index < -0.39 is 0 Å². The fourth-order valence-corrected chi connectivity index (χ4v) is 9.03. The average Bonchev–Trinajstić information content (AvgIpc) is 3.87. The molecule has 0 amide bonds. The number of hydrogen-bond donors (Lipinski definition) is 1. The van der Waals surface area contributed by atoms with Crippen LogP contribution in [0.4, 0.5) is 0 Å². The van der Waals surface area contributed by atoms with E-state index in [2.05, 4.69) is 131 Å². The number of para-hydroxylation sites is 3. The lowest BCUT2D eigenvalue weighted by Crippen LogP contribution is -2.33. The van der Waals surface area contributed by atoms with Gasteiger partial charge in [0.2, 0.25) is 0 Å². The number of hydrogen-bond acceptors (Lipinski definition) is 5. The van der Waals surface area contributed by atoms with Crippen LogP contribution in [0, 0.1) is 0 Å². The SMILES string of the molecule is c1ccc(C2=NC(c3ccccc3)NC(c3cccc4c3oc3ccc5c6ccc(-n7c8ccccc8c8ccccc87)cc6sc5c34)=N2)cc1. The first-order valence-electron chi connectivity index (χ1n) is 17.1. The van der Waals surface area contributed by atoms with Crippen LogP contribution in [0.3, 0.4) is 0 Å². The lowest BCUT2D eigenvalue weighted by molar-refractivity contribution is 0.660. The lowest BCUT2D eigenvalue weighted by Gasteiger charge is -2.23. The van der Waals surface area contributed by atoms with Gasteiger partial charge in [0.1, 0.15) is 23.2 Å². The van der Waals surface area contributed by atoms with Gasteiger partial charge in [0.05, 0.1) is 16.6 Å². The highest BCUT2D eigenvalue weighted by molar-refractivity contribution is 7.26. The minimum atomic E-state index is -0.286. The number of aliphatic imine (C=N–C) groups is 2. The molecular weight excluding hydrogens is 645 g/mol. The summed E-state index contributed by atoms with van der Waals surface area (Å²) >= 11 is 1.83. The molecule has 6 heteroatoms. The number of thiophene rings is 1. The second-order valence-electron chi connectivity index (χ2n) is 13.0. The number of nitrogens with one attached hydrogen (secondary N) is 1. The highest BCUT2D eigenvalue weighted by Crippen LogP contribution is 2.44. The molecule has 0 spiro atoms. The van der Waals surface area contributed by atoms with Gasteiger partial charge in [0.25, 0.3) is 0 Å². The fourth-order valence-electron chi connectivity index (χ4n) is 7.74. The molecule has 0 saturated heterocycles. The monoisotopic (exact) mass is 672 g/mol. The van der Waals surface area contributed by atoms with Crippen molar-refractivity contribution in [1.29, 1.82) is 0 Å². The van der Waals surface area contributed by atoms with Gasteiger partial charge < -0.3 is 14.3 Å². The van der Waals surface area contributed by atoms with Gasteiger partial charge in [-0.15, -0.1) is 11.3 Å². The Labute approximate surface area is 296 Å². The van der Waals surface area contributed by atoms with Gasteiger partial charge in [-0.25, -0.2) is 9.98 Å². The van der Waals surface area contributed by atoms with Gasteiger partial charge in [0.15, 0.2) is 5.84 Å². The van der Waals surface area contributed by atoms with Crippen LogP contribution in [0.2, 0.25) is 0 Å². The number of nitrogens with zero attached hydrogens (tertiary/aromatic N) is 3. The van der Waals surface area contributed by atoms with Crippen LogP contribution in [-0.2, 0) is 0 Å². The van der Waals surface area contributed by atoms with Gasteiger partial charge in [-0.2, -0.15) is 0 Å². The number of rotatable bonds is 4. The number of fused-ring (bicyclic) bond motifs is 10. The Morgan fingerprint density at radius 3 is 2.08 bits per heavy atom. The normalized spacial score (nSPS) is 14.9. The number of amidine groups is 2. The molecule has 1 aliphatic rings. The first kappa shape index (κ1) is 28.3. The van der Waals surface area contributed by atoms with Gasteiger partial charge in [0, 0.05) is 53.0 Å². The molecule has 7 aromatic carbocycles. The van der Waals surface area contributed by atoms with Crippen LogP contribution >= 0.6 is 11.3 Å². The molecule has 1 N–H and O–H groups in total. The zero-order valence-corrected chi connectivity index (χ0v) is 28.1. The summed E-state index contributed by atoms with van der Waals surface area (Å²) in [5, 5.41) is 10.9. The summed E-state index contributed by atoms with van der Waals surface area (Å²) in [4.78, 5) is 10.1. The highest BCUT2D eigenvalue weighted by Gasteiger charge is 2.25. The van der Waals surface area contributed by atoms with E-state index in [0.717, 1.165) is 50.2 Å². The van der Waals surface area contributed by atoms with E-state index in [4.69, 9.17) is 14.4 Å². The third-order valence-corrected chi connectivity index (χ3v) is 11.3. The Kier molecular flexibility index (Phi) is 6.12. The summed E-state index contributed by atoms with van der Waals surface area (Å²) in [6.07, 6.45) is -0.286. The minimum absolute atomic E-state index is 0.286. The van der Waals surface area contributed by atoms with Gasteiger partial charge in [-0.3, -0.25) is 0 Å². The molecule has 1 atom stereocenters. The summed E-state index contributed by atoms with van der Waals surface area (Å²) in [6, 6.07) is 55.4. The molecule has 0 saturated carbocycles. The molecule has 0 radical (unpaired) electrons. The molecule has 11 rings (SSSR count). The van der Waals surface area contributed by atoms with Crippen molar-refractivity contribution >= 4 is 86.9 Å². The smallest absolute Gasteiger partial charge is 0.159 e. The maximum Gasteiger partial charge on any atom is 0.159 e. The van der Waals surface area contributed by atoms with Gasteiger partial charge in [-0.1, -0.05) is 115 Å². The number of benzene rings is 7. The maximum absolute atomic E-state index is 6.74. The Hall–Kier alpha value is -6.50. The molecule has 0 aliphatic carbocycles. The van der Waals surface area contributed by atoms with E-state index in [-0.39, 0.29) is 6.17 Å². The predicted molar refractivity (Wildman–Crippen MR) is 213 cm³/mol. The van der Waals surface area contributed by atoms with Crippen LogP contribution in [-0.4, -0.2) is 16.2 Å². The third-order valence-electron chi connectivity index (χ3n) is 10.1. The molecule has 3 aromatic heterocycles.